The molecule has 92 valence electrons. The van der Waals surface area contributed by atoms with Gasteiger partial charge in [0.2, 0.25) is 0 Å². The van der Waals surface area contributed by atoms with Crippen molar-refractivity contribution in [1.82, 2.24) is 9.78 Å². The summed E-state index contributed by atoms with van der Waals surface area (Å²) >= 11 is 1.75. The minimum atomic E-state index is 0.103. The lowest BCUT2D eigenvalue weighted by Crippen LogP contribution is -2.33. The van der Waals surface area contributed by atoms with Gasteiger partial charge < -0.3 is 5.73 Å². The van der Waals surface area contributed by atoms with E-state index in [4.69, 9.17) is 5.73 Å². The molecule has 2 unspecified atom stereocenters. The molecule has 0 radical (unpaired) electrons. The summed E-state index contributed by atoms with van der Waals surface area (Å²) in [4.78, 5) is 1.28. The van der Waals surface area contributed by atoms with Crippen LogP contribution in [0.25, 0.3) is 0 Å². The minimum Gasteiger partial charge on any atom is -0.326 e. The molecule has 0 bridgehead atoms. The Kier molecular flexibility index (Phi) is 3.64. The van der Waals surface area contributed by atoms with Crippen molar-refractivity contribution in [2.24, 2.45) is 5.73 Å². The third-order valence-electron chi connectivity index (χ3n) is 3.02. The van der Waals surface area contributed by atoms with E-state index in [9.17, 15) is 0 Å². The maximum Gasteiger partial charge on any atom is 0.101 e. The molecule has 0 aliphatic rings. The zero-order valence-corrected chi connectivity index (χ0v) is 11.4. The molecule has 3 nitrogen and oxygen atoms in total. The van der Waals surface area contributed by atoms with Gasteiger partial charge in [-0.25, -0.2) is 0 Å². The van der Waals surface area contributed by atoms with Crippen LogP contribution >= 0.6 is 11.3 Å². The lowest BCUT2D eigenvalue weighted by atomic mass is 10.1. The van der Waals surface area contributed by atoms with Crippen molar-refractivity contribution in [3.8, 4) is 0 Å². The summed E-state index contributed by atoms with van der Waals surface area (Å²) < 4.78 is 2.06. The lowest BCUT2D eigenvalue weighted by Gasteiger charge is -2.23. The maximum absolute atomic E-state index is 6.26. The number of hydrogen-bond acceptors (Lipinski definition) is 3. The second-order valence-corrected chi connectivity index (χ2v) is 5.38. The van der Waals surface area contributed by atoms with Gasteiger partial charge in [-0.3, -0.25) is 4.68 Å². The van der Waals surface area contributed by atoms with E-state index in [1.807, 2.05) is 6.92 Å². The molecular weight excluding hydrogens is 230 g/mol. The van der Waals surface area contributed by atoms with E-state index in [2.05, 4.69) is 47.2 Å². The van der Waals surface area contributed by atoms with Gasteiger partial charge in [0.05, 0.1) is 5.69 Å². The van der Waals surface area contributed by atoms with Crippen molar-refractivity contribution in [2.75, 3.05) is 0 Å². The Balaban J connectivity index is 2.44. The predicted octanol–water partition coefficient (Wildman–Crippen LogP) is 2.89. The first kappa shape index (κ1) is 12.3. The molecule has 0 saturated carbocycles. The third-order valence-corrected chi connectivity index (χ3v) is 3.96. The Labute approximate surface area is 106 Å². The van der Waals surface area contributed by atoms with Crippen LogP contribution < -0.4 is 5.73 Å². The number of aromatic nitrogens is 2. The summed E-state index contributed by atoms with van der Waals surface area (Å²) in [5, 5.41) is 6.67. The highest BCUT2D eigenvalue weighted by molar-refractivity contribution is 7.10. The normalized spacial score (nSPS) is 14.8. The first-order chi connectivity index (χ1) is 8.13. The van der Waals surface area contributed by atoms with Gasteiger partial charge >= 0.3 is 0 Å². The van der Waals surface area contributed by atoms with E-state index in [1.165, 1.54) is 10.6 Å². The monoisotopic (exact) mass is 249 g/mol. The van der Waals surface area contributed by atoms with Crippen molar-refractivity contribution in [3.63, 3.8) is 0 Å². The molecule has 2 aromatic heterocycles. The van der Waals surface area contributed by atoms with Crippen LogP contribution in [0.5, 0.6) is 0 Å². The van der Waals surface area contributed by atoms with Crippen molar-refractivity contribution >= 4 is 11.3 Å². The van der Waals surface area contributed by atoms with E-state index in [-0.39, 0.29) is 12.1 Å². The van der Waals surface area contributed by atoms with Crippen molar-refractivity contribution in [3.05, 3.63) is 39.8 Å². The number of aryl methyl sites for hydroxylation is 2. The fourth-order valence-electron chi connectivity index (χ4n) is 2.12. The maximum atomic E-state index is 6.26. The Bertz CT molecular complexity index is 473. The van der Waals surface area contributed by atoms with Gasteiger partial charge in [0.25, 0.3) is 0 Å². The number of thiophene rings is 1. The van der Waals surface area contributed by atoms with Crippen molar-refractivity contribution in [1.29, 1.82) is 0 Å². The summed E-state index contributed by atoms with van der Waals surface area (Å²) in [7, 11) is 0. The molecule has 2 N–H and O–H groups in total. The van der Waals surface area contributed by atoms with Crippen molar-refractivity contribution in [2.45, 2.75) is 39.3 Å². The molecule has 0 saturated heterocycles. The van der Waals surface area contributed by atoms with Crippen LogP contribution in [0.3, 0.4) is 0 Å². The molecule has 17 heavy (non-hydrogen) atoms. The quantitative estimate of drug-likeness (QED) is 0.905. The van der Waals surface area contributed by atoms with E-state index in [1.54, 1.807) is 11.3 Å². The SMILES string of the molecule is CCC(N)C(c1cccs1)n1nc(C)cc1C. The number of nitrogens with zero attached hydrogens (tertiary/aromatic N) is 2. The molecular formula is C13H19N3S. The van der Waals surface area contributed by atoms with Gasteiger partial charge in [0, 0.05) is 16.6 Å². The Morgan fingerprint density at radius 3 is 2.71 bits per heavy atom. The van der Waals surface area contributed by atoms with E-state index < -0.39 is 0 Å². The fraction of sp³-hybridized carbons (Fsp3) is 0.462. The molecule has 4 heteroatoms. The summed E-state index contributed by atoms with van der Waals surface area (Å²) in [6.45, 7) is 6.23. The van der Waals surface area contributed by atoms with Gasteiger partial charge in [0.15, 0.2) is 0 Å². The second kappa shape index (κ2) is 5.02. The van der Waals surface area contributed by atoms with Crippen LogP contribution in [0.15, 0.2) is 23.6 Å². The van der Waals surface area contributed by atoms with Crippen LogP contribution in [-0.4, -0.2) is 15.8 Å². The van der Waals surface area contributed by atoms with Crippen LogP contribution in [0.2, 0.25) is 0 Å². The molecule has 2 rings (SSSR count). The molecule has 2 aromatic rings. The van der Waals surface area contributed by atoms with Gasteiger partial charge in [-0.2, -0.15) is 5.10 Å². The number of nitrogens with two attached hydrogens (primary N) is 1. The van der Waals surface area contributed by atoms with Gasteiger partial charge in [-0.05, 0) is 37.8 Å². The minimum absolute atomic E-state index is 0.103. The van der Waals surface area contributed by atoms with E-state index in [0.717, 1.165) is 12.1 Å². The summed E-state index contributed by atoms with van der Waals surface area (Å²) in [6, 6.07) is 6.58. The van der Waals surface area contributed by atoms with Gasteiger partial charge in [0.1, 0.15) is 6.04 Å². The molecule has 2 atom stereocenters. The number of hydrogen-bond donors (Lipinski definition) is 1. The molecule has 0 fully saturated rings. The van der Waals surface area contributed by atoms with Crippen LogP contribution in [0.4, 0.5) is 0 Å². The molecule has 0 amide bonds. The standard InChI is InChI=1S/C13H19N3S/c1-4-11(14)13(12-6-5-7-17-12)16-10(3)8-9(2)15-16/h5-8,11,13H,4,14H2,1-3H3. The van der Waals surface area contributed by atoms with Crippen LogP contribution in [0.1, 0.15) is 35.7 Å². The second-order valence-electron chi connectivity index (χ2n) is 4.40. The first-order valence-corrected chi connectivity index (χ1v) is 6.83. The average Bonchev–Trinajstić information content (AvgIpc) is 2.90. The fourth-order valence-corrected chi connectivity index (χ4v) is 3.01. The Hall–Kier alpha value is -1.13. The van der Waals surface area contributed by atoms with Gasteiger partial charge in [-0.1, -0.05) is 13.0 Å². The molecule has 0 aliphatic heterocycles. The third kappa shape index (κ3) is 2.42. The van der Waals surface area contributed by atoms with Crippen LogP contribution in [0, 0.1) is 13.8 Å². The van der Waals surface area contributed by atoms with E-state index >= 15 is 0 Å². The summed E-state index contributed by atoms with van der Waals surface area (Å²) in [6.07, 6.45) is 0.945. The highest BCUT2D eigenvalue weighted by Crippen LogP contribution is 2.27. The molecule has 2 heterocycles. The van der Waals surface area contributed by atoms with Crippen molar-refractivity contribution < 1.29 is 0 Å². The average molecular weight is 249 g/mol. The smallest absolute Gasteiger partial charge is 0.101 e. The van der Waals surface area contributed by atoms with Gasteiger partial charge in [-0.15, -0.1) is 11.3 Å². The predicted molar refractivity (Wildman–Crippen MR) is 72.4 cm³/mol. The first-order valence-electron chi connectivity index (χ1n) is 5.95. The number of rotatable bonds is 4. The van der Waals surface area contributed by atoms with Crippen LogP contribution in [-0.2, 0) is 0 Å². The lowest BCUT2D eigenvalue weighted by molar-refractivity contribution is 0.421. The van der Waals surface area contributed by atoms with E-state index in [0.29, 0.717) is 0 Å². The zero-order chi connectivity index (χ0) is 12.4. The summed E-state index contributed by atoms with van der Waals surface area (Å²) in [5.74, 6) is 0. The molecule has 0 aromatic carbocycles. The molecule has 0 spiro atoms. The zero-order valence-electron chi connectivity index (χ0n) is 10.6. The Morgan fingerprint density at radius 1 is 1.47 bits per heavy atom. The highest BCUT2D eigenvalue weighted by Gasteiger charge is 2.23. The highest BCUT2D eigenvalue weighted by atomic mass is 32.1. The molecule has 0 aliphatic carbocycles. The summed E-state index contributed by atoms with van der Waals surface area (Å²) in [5.41, 5.74) is 8.48. The topological polar surface area (TPSA) is 43.8 Å². The Morgan fingerprint density at radius 2 is 2.24 bits per heavy atom. The largest absolute Gasteiger partial charge is 0.326 e.